The average molecular weight is 1040 g/mol. The number of phenolic OH excluding ortho intramolecular Hbond substituents is 1. The molecule has 20 N–H and O–H groups in total. The minimum absolute atomic E-state index is 0.0421. The normalized spacial score (nSPS) is 15.2. The Kier molecular flexibility index (Phi) is 28.9. The quantitative estimate of drug-likeness (QED) is 0.0284. The van der Waals surface area contributed by atoms with Gasteiger partial charge in [0.25, 0.3) is 0 Å². The van der Waals surface area contributed by atoms with Crippen molar-refractivity contribution < 1.29 is 73.2 Å². The van der Waals surface area contributed by atoms with Crippen LogP contribution in [0.1, 0.15) is 104 Å². The summed E-state index contributed by atoms with van der Waals surface area (Å²) in [7, 11) is 0. The first kappa shape index (κ1) is 64.0. The summed E-state index contributed by atoms with van der Waals surface area (Å²) in [5.41, 5.74) is 22.5. The van der Waals surface area contributed by atoms with Crippen molar-refractivity contribution in [1.82, 2.24) is 42.5 Å². The SMILES string of the molecule is CC(=O)N[C@@H](CCC(=O)O)C(=O)N[C@@H](Cc1ccc(O)cc1)C(=O)N[C@H](C(=O)N[C@H](C(=O)N[C@@H](CCCCN)C(=O)N[C@@H](CC(N)=O)C(=O)N[C@@H](CC(C)C)C(=O)N[C@@H](CCCCN)C(N)=O)[C@@H](C)O)[C@@H](C)O. The van der Waals surface area contributed by atoms with Crippen molar-refractivity contribution >= 4 is 65.0 Å². The summed E-state index contributed by atoms with van der Waals surface area (Å²) in [6, 6.07) is -7.00. The fourth-order valence-corrected chi connectivity index (χ4v) is 7.17. The second-order valence-corrected chi connectivity index (χ2v) is 18.1. The zero-order valence-corrected chi connectivity index (χ0v) is 41.9. The highest BCUT2D eigenvalue weighted by Crippen LogP contribution is 2.14. The van der Waals surface area contributed by atoms with Crippen LogP contribution in [0.4, 0.5) is 0 Å². The summed E-state index contributed by atoms with van der Waals surface area (Å²) >= 11 is 0. The van der Waals surface area contributed by atoms with E-state index < -0.39 is 138 Å². The number of hydrogen-bond acceptors (Lipinski definition) is 16. The van der Waals surface area contributed by atoms with E-state index in [0.717, 1.165) is 20.8 Å². The third-order valence-electron chi connectivity index (χ3n) is 11.0. The molecule has 73 heavy (non-hydrogen) atoms. The number of rotatable bonds is 35. The summed E-state index contributed by atoms with van der Waals surface area (Å²) in [5, 5.41) is 59.6. The number of benzene rings is 1. The van der Waals surface area contributed by atoms with Gasteiger partial charge in [-0.05, 0) is 102 Å². The molecule has 0 saturated heterocycles. The van der Waals surface area contributed by atoms with Gasteiger partial charge in [-0.1, -0.05) is 26.0 Å². The van der Waals surface area contributed by atoms with Crippen LogP contribution in [0.15, 0.2) is 24.3 Å². The number of carbonyl (C=O) groups is 11. The first-order valence-corrected chi connectivity index (χ1v) is 23.9. The topological polar surface area (TPSA) is 469 Å². The number of unbranched alkanes of at least 4 members (excludes halogenated alkanes) is 2. The summed E-state index contributed by atoms with van der Waals surface area (Å²) in [5.74, 6) is -11.5. The highest BCUT2D eigenvalue weighted by atomic mass is 16.4. The molecule has 0 heterocycles. The molecule has 0 unspecified atom stereocenters. The molecule has 10 atom stereocenters. The highest BCUT2D eigenvalue weighted by Gasteiger charge is 2.37. The van der Waals surface area contributed by atoms with E-state index in [-0.39, 0.29) is 56.7 Å². The van der Waals surface area contributed by atoms with Crippen LogP contribution in [0.5, 0.6) is 5.75 Å². The number of carboxylic acid groups (broad SMARTS) is 1. The van der Waals surface area contributed by atoms with Crippen LogP contribution in [-0.4, -0.2) is 159 Å². The first-order valence-electron chi connectivity index (χ1n) is 23.9. The minimum Gasteiger partial charge on any atom is -0.508 e. The number of aliphatic carboxylic acids is 1. The van der Waals surface area contributed by atoms with E-state index in [2.05, 4.69) is 42.5 Å². The van der Waals surface area contributed by atoms with Crippen LogP contribution in [0, 0.1) is 5.92 Å². The number of amides is 10. The third kappa shape index (κ3) is 24.8. The second-order valence-electron chi connectivity index (χ2n) is 18.1. The number of carboxylic acids is 1. The summed E-state index contributed by atoms with van der Waals surface area (Å²) in [4.78, 5) is 144. The Labute approximate surface area is 423 Å². The van der Waals surface area contributed by atoms with Crippen molar-refractivity contribution in [2.24, 2.45) is 28.9 Å². The van der Waals surface area contributed by atoms with Gasteiger partial charge in [-0.3, -0.25) is 52.7 Å². The van der Waals surface area contributed by atoms with E-state index in [1.54, 1.807) is 13.8 Å². The molecule has 0 radical (unpaired) electrons. The van der Waals surface area contributed by atoms with Crippen LogP contribution < -0.4 is 65.5 Å². The molecule has 410 valence electrons. The molecule has 0 saturated carbocycles. The molecular formula is C46H76N12O15. The molecule has 27 heteroatoms. The first-order chi connectivity index (χ1) is 34.2. The van der Waals surface area contributed by atoms with E-state index in [1.165, 1.54) is 24.3 Å². The molecule has 0 fully saturated rings. The predicted molar refractivity (Wildman–Crippen MR) is 261 cm³/mol. The zero-order valence-electron chi connectivity index (χ0n) is 41.9. The Bertz CT molecular complexity index is 2040. The van der Waals surface area contributed by atoms with Gasteiger partial charge in [0.1, 0.15) is 54.1 Å². The monoisotopic (exact) mass is 1040 g/mol. The van der Waals surface area contributed by atoms with Crippen LogP contribution >= 0.6 is 0 Å². The maximum absolute atomic E-state index is 13.9. The molecule has 27 nitrogen and oxygen atoms in total. The van der Waals surface area contributed by atoms with E-state index in [4.69, 9.17) is 22.9 Å². The second kappa shape index (κ2) is 32.9. The van der Waals surface area contributed by atoms with Crippen molar-refractivity contribution in [3.63, 3.8) is 0 Å². The summed E-state index contributed by atoms with van der Waals surface area (Å²) in [6.45, 7) is 7.29. The summed E-state index contributed by atoms with van der Waals surface area (Å²) < 4.78 is 0. The number of primary amides is 2. The molecule has 1 rings (SSSR count). The predicted octanol–water partition coefficient (Wildman–Crippen LogP) is -4.88. The van der Waals surface area contributed by atoms with E-state index in [9.17, 15) is 73.2 Å². The van der Waals surface area contributed by atoms with Crippen molar-refractivity contribution in [1.29, 1.82) is 0 Å². The molecule has 10 amide bonds. The smallest absolute Gasteiger partial charge is 0.303 e. The van der Waals surface area contributed by atoms with E-state index in [0.29, 0.717) is 31.4 Å². The lowest BCUT2D eigenvalue weighted by molar-refractivity contribution is -0.139. The Morgan fingerprint density at radius 3 is 1.40 bits per heavy atom. The largest absolute Gasteiger partial charge is 0.508 e. The van der Waals surface area contributed by atoms with Gasteiger partial charge in [0.15, 0.2) is 0 Å². The average Bonchev–Trinajstić information content (AvgIpc) is 3.29. The number of nitrogens with two attached hydrogens (primary N) is 4. The Balaban J connectivity index is 3.46. The molecule has 0 aromatic heterocycles. The fourth-order valence-electron chi connectivity index (χ4n) is 7.17. The van der Waals surface area contributed by atoms with Gasteiger partial charge >= 0.3 is 5.97 Å². The molecule has 0 spiro atoms. The van der Waals surface area contributed by atoms with Gasteiger partial charge in [0.05, 0.1) is 18.6 Å². The maximum Gasteiger partial charge on any atom is 0.303 e. The molecule has 0 bridgehead atoms. The lowest BCUT2D eigenvalue weighted by Crippen LogP contribution is -2.63. The number of carbonyl (C=O) groups excluding carboxylic acids is 10. The minimum atomic E-state index is -1.89. The Hall–Kier alpha value is -6.97. The Morgan fingerprint density at radius 2 is 0.932 bits per heavy atom. The molecule has 0 aliphatic carbocycles. The van der Waals surface area contributed by atoms with E-state index >= 15 is 0 Å². The van der Waals surface area contributed by atoms with Gasteiger partial charge in [0, 0.05) is 19.8 Å². The molecule has 1 aromatic carbocycles. The number of hydrogen-bond donors (Lipinski definition) is 16. The summed E-state index contributed by atoms with van der Waals surface area (Å²) in [6.07, 6.45) is -3.79. The van der Waals surface area contributed by atoms with Gasteiger partial charge in [-0.15, -0.1) is 0 Å². The molecule has 0 aliphatic rings. The van der Waals surface area contributed by atoms with Crippen molar-refractivity contribution in [3.05, 3.63) is 29.8 Å². The molecular weight excluding hydrogens is 961 g/mol. The Morgan fingerprint density at radius 1 is 0.521 bits per heavy atom. The van der Waals surface area contributed by atoms with Gasteiger partial charge in [-0.25, -0.2) is 0 Å². The highest BCUT2D eigenvalue weighted by molar-refractivity contribution is 5.99. The number of aliphatic hydroxyl groups excluding tert-OH is 2. The number of phenols is 1. The maximum atomic E-state index is 13.9. The van der Waals surface area contributed by atoms with Gasteiger partial charge in [-0.2, -0.15) is 0 Å². The van der Waals surface area contributed by atoms with Crippen molar-refractivity contribution in [3.8, 4) is 5.75 Å². The van der Waals surface area contributed by atoms with Gasteiger partial charge < -0.3 is 85.9 Å². The fraction of sp³-hybridized carbons (Fsp3) is 0.630. The van der Waals surface area contributed by atoms with Crippen molar-refractivity contribution in [2.45, 2.75) is 166 Å². The third-order valence-corrected chi connectivity index (χ3v) is 11.0. The number of nitrogens with one attached hydrogen (secondary N) is 8. The van der Waals surface area contributed by atoms with Crippen LogP contribution in [-0.2, 0) is 59.2 Å². The standard InChI is InChI=1S/C46H76N12O15/c1-23(2)20-32(42(69)52-29(39(50)66)10-6-8-18-47)54-43(70)34(22-35(49)63)56-40(67)30(11-7-9-19-48)53-45(72)37(24(3)59)58-46(73)38(25(4)60)57-44(71)33(21-27-12-14-28(62)15-13-27)55-41(68)31(51-26(5)61)16-17-36(64)65/h12-15,23-25,29-34,37-38,59-60,62H,6-11,16-22,47-48H2,1-5H3,(H2,49,63)(H2,50,66)(H,51,61)(H,52,69)(H,53,72)(H,54,70)(H,55,68)(H,56,67)(H,57,71)(H,58,73)(H,64,65)/t24-,25-,29+,30+,31+,32+,33+,34+,37+,38+/m1/s1. The zero-order chi connectivity index (χ0) is 55.5. The van der Waals surface area contributed by atoms with Crippen LogP contribution in [0.25, 0.3) is 0 Å². The van der Waals surface area contributed by atoms with E-state index in [1.807, 2.05) is 0 Å². The lowest BCUT2D eigenvalue weighted by atomic mass is 10.0. The molecule has 1 aromatic rings. The van der Waals surface area contributed by atoms with Crippen molar-refractivity contribution in [2.75, 3.05) is 13.1 Å². The number of aromatic hydroxyl groups is 1. The lowest BCUT2D eigenvalue weighted by Gasteiger charge is -2.29. The van der Waals surface area contributed by atoms with Crippen LogP contribution in [0.3, 0.4) is 0 Å². The van der Waals surface area contributed by atoms with Gasteiger partial charge in [0.2, 0.25) is 59.1 Å². The van der Waals surface area contributed by atoms with Crippen LogP contribution in [0.2, 0.25) is 0 Å². The molecule has 0 aliphatic heterocycles. The number of aliphatic hydroxyl groups is 2.